The lowest BCUT2D eigenvalue weighted by Gasteiger charge is -2.46. The molecule has 140 valence electrons. The standard InChI is InChI=1S/C22H26N2O2Si/c1-22(2,3)27(19-10-6-4-7-11-19,20-12-8-5-9-13-20)26-18-14-17(16-23)24-21(25)15-18/h4-13,17-18H,14-15H2,1-3H3,(H,24,25)/t17-,18+/m0/s1. The molecule has 1 amide bonds. The van der Waals surface area contributed by atoms with Crippen molar-refractivity contribution in [3.63, 3.8) is 0 Å². The molecule has 0 unspecified atom stereocenters. The van der Waals surface area contributed by atoms with Gasteiger partial charge in [-0.1, -0.05) is 81.4 Å². The van der Waals surface area contributed by atoms with Crippen molar-refractivity contribution in [3.05, 3.63) is 60.7 Å². The number of nitriles is 1. The molecular weight excluding hydrogens is 352 g/mol. The third-order valence-corrected chi connectivity index (χ3v) is 10.3. The van der Waals surface area contributed by atoms with Gasteiger partial charge in [0.1, 0.15) is 6.04 Å². The van der Waals surface area contributed by atoms with Gasteiger partial charge in [-0.3, -0.25) is 4.79 Å². The molecule has 1 N–H and O–H groups in total. The van der Waals surface area contributed by atoms with Crippen LogP contribution in [-0.2, 0) is 9.22 Å². The van der Waals surface area contributed by atoms with Crippen LogP contribution >= 0.6 is 0 Å². The highest BCUT2D eigenvalue weighted by Gasteiger charge is 2.52. The van der Waals surface area contributed by atoms with Crippen molar-refractivity contribution < 1.29 is 9.22 Å². The maximum atomic E-state index is 12.1. The molecule has 1 aliphatic heterocycles. The van der Waals surface area contributed by atoms with E-state index in [9.17, 15) is 10.1 Å². The molecule has 0 saturated carbocycles. The second-order valence-electron chi connectivity index (χ2n) is 8.09. The number of benzene rings is 2. The summed E-state index contributed by atoms with van der Waals surface area (Å²) < 4.78 is 6.95. The number of piperidine rings is 1. The Labute approximate surface area is 162 Å². The maximum absolute atomic E-state index is 12.1. The molecule has 4 nitrogen and oxygen atoms in total. The van der Waals surface area contributed by atoms with Crippen molar-refractivity contribution in [2.45, 2.75) is 50.8 Å². The van der Waals surface area contributed by atoms with Crippen LogP contribution in [0.15, 0.2) is 60.7 Å². The van der Waals surface area contributed by atoms with Gasteiger partial charge in [0.25, 0.3) is 8.32 Å². The number of rotatable bonds is 4. The lowest BCUT2D eigenvalue weighted by Crippen LogP contribution is -2.68. The summed E-state index contributed by atoms with van der Waals surface area (Å²) in [6.07, 6.45) is 0.546. The summed E-state index contributed by atoms with van der Waals surface area (Å²) in [6, 6.07) is 22.4. The Kier molecular flexibility index (Phi) is 5.50. The Morgan fingerprint density at radius 3 is 2.00 bits per heavy atom. The van der Waals surface area contributed by atoms with Gasteiger partial charge in [-0.15, -0.1) is 0 Å². The molecule has 0 aromatic heterocycles. The van der Waals surface area contributed by atoms with Crippen molar-refractivity contribution in [1.82, 2.24) is 5.32 Å². The Balaban J connectivity index is 2.12. The van der Waals surface area contributed by atoms with E-state index in [1.54, 1.807) is 0 Å². The van der Waals surface area contributed by atoms with Crippen LogP contribution in [0.1, 0.15) is 33.6 Å². The molecule has 0 radical (unpaired) electrons. The summed E-state index contributed by atoms with van der Waals surface area (Å²) >= 11 is 0. The van der Waals surface area contributed by atoms with Crippen molar-refractivity contribution in [1.29, 1.82) is 5.26 Å². The van der Waals surface area contributed by atoms with Crippen molar-refractivity contribution in [2.75, 3.05) is 0 Å². The molecule has 0 bridgehead atoms. The second kappa shape index (κ2) is 7.67. The van der Waals surface area contributed by atoms with Gasteiger partial charge in [0.05, 0.1) is 18.6 Å². The SMILES string of the molecule is CC(C)(C)[Si](O[C@H]1CC(=O)N[C@H](C#N)C1)(c1ccccc1)c1ccccc1. The van der Waals surface area contributed by atoms with Gasteiger partial charge in [0.2, 0.25) is 5.91 Å². The van der Waals surface area contributed by atoms with E-state index in [2.05, 4.69) is 56.4 Å². The lowest BCUT2D eigenvalue weighted by molar-refractivity contribution is -0.125. The zero-order valence-corrected chi connectivity index (χ0v) is 17.1. The van der Waals surface area contributed by atoms with E-state index in [4.69, 9.17) is 4.43 Å². The molecule has 3 rings (SSSR count). The topological polar surface area (TPSA) is 62.1 Å². The molecule has 0 aliphatic carbocycles. The van der Waals surface area contributed by atoms with E-state index in [0.29, 0.717) is 12.8 Å². The molecule has 27 heavy (non-hydrogen) atoms. The fourth-order valence-corrected chi connectivity index (χ4v) is 8.68. The Morgan fingerprint density at radius 1 is 1.04 bits per heavy atom. The van der Waals surface area contributed by atoms with Crippen LogP contribution in [0.2, 0.25) is 5.04 Å². The first-order valence-electron chi connectivity index (χ1n) is 9.34. The van der Waals surface area contributed by atoms with Crippen LogP contribution in [0.3, 0.4) is 0 Å². The minimum atomic E-state index is -2.70. The highest BCUT2D eigenvalue weighted by Crippen LogP contribution is 2.38. The van der Waals surface area contributed by atoms with Crippen LogP contribution in [-0.4, -0.2) is 26.4 Å². The van der Waals surface area contributed by atoms with Crippen molar-refractivity contribution in [2.24, 2.45) is 0 Å². The highest BCUT2D eigenvalue weighted by atomic mass is 28.4. The number of carbonyl (C=O) groups excluding carboxylic acids is 1. The van der Waals surface area contributed by atoms with Crippen LogP contribution in [0.5, 0.6) is 0 Å². The third kappa shape index (κ3) is 3.82. The van der Waals surface area contributed by atoms with E-state index >= 15 is 0 Å². The third-order valence-electron chi connectivity index (χ3n) is 5.16. The highest BCUT2D eigenvalue weighted by molar-refractivity contribution is 6.99. The fourth-order valence-electron chi connectivity index (χ4n) is 3.98. The number of nitrogens with zero attached hydrogens (tertiary/aromatic N) is 1. The van der Waals surface area contributed by atoms with E-state index in [-0.39, 0.29) is 17.0 Å². The summed E-state index contributed by atoms with van der Waals surface area (Å²) in [5.74, 6) is -0.115. The normalized spacial score (nSPS) is 20.6. The average molecular weight is 379 g/mol. The lowest BCUT2D eigenvalue weighted by atomic mass is 10.0. The number of amides is 1. The Hall–Kier alpha value is -2.42. The average Bonchev–Trinajstić information content (AvgIpc) is 2.66. The van der Waals surface area contributed by atoms with Gasteiger partial charge in [0.15, 0.2) is 0 Å². The summed E-state index contributed by atoms with van der Waals surface area (Å²) in [7, 11) is -2.70. The quantitative estimate of drug-likeness (QED) is 0.832. The first kappa shape index (κ1) is 19.3. The minimum Gasteiger partial charge on any atom is -0.404 e. The van der Waals surface area contributed by atoms with Gasteiger partial charge in [0, 0.05) is 6.42 Å². The number of carbonyl (C=O) groups is 1. The van der Waals surface area contributed by atoms with Gasteiger partial charge >= 0.3 is 0 Å². The van der Waals surface area contributed by atoms with Gasteiger partial charge in [-0.25, -0.2) is 0 Å². The monoisotopic (exact) mass is 378 g/mol. The number of hydrogen-bond acceptors (Lipinski definition) is 3. The maximum Gasteiger partial charge on any atom is 0.261 e. The summed E-state index contributed by atoms with van der Waals surface area (Å²) in [5.41, 5.74) is 0. The van der Waals surface area contributed by atoms with Crippen LogP contribution in [0.4, 0.5) is 0 Å². The molecule has 1 aliphatic rings. The molecule has 1 saturated heterocycles. The first-order chi connectivity index (χ1) is 12.9. The predicted molar refractivity (Wildman–Crippen MR) is 109 cm³/mol. The zero-order valence-electron chi connectivity index (χ0n) is 16.1. The van der Waals surface area contributed by atoms with Crippen molar-refractivity contribution >= 4 is 24.6 Å². The molecular formula is C22H26N2O2Si. The van der Waals surface area contributed by atoms with E-state index in [1.165, 1.54) is 10.4 Å². The van der Waals surface area contributed by atoms with Crippen LogP contribution in [0, 0.1) is 11.3 Å². The second-order valence-corrected chi connectivity index (χ2v) is 12.3. The predicted octanol–water partition coefficient (Wildman–Crippen LogP) is 2.73. The zero-order chi connectivity index (χ0) is 19.5. The largest absolute Gasteiger partial charge is 0.404 e. The van der Waals surface area contributed by atoms with Gasteiger partial charge in [-0.2, -0.15) is 5.26 Å². The van der Waals surface area contributed by atoms with E-state index < -0.39 is 14.4 Å². The number of nitrogens with one attached hydrogen (secondary N) is 1. The van der Waals surface area contributed by atoms with E-state index in [1.807, 2.05) is 36.4 Å². The summed E-state index contributed by atoms with van der Waals surface area (Å²) in [6.45, 7) is 6.64. The molecule has 1 fully saturated rings. The van der Waals surface area contributed by atoms with Gasteiger partial charge in [-0.05, 0) is 15.4 Å². The first-order valence-corrected chi connectivity index (χ1v) is 11.3. The summed E-state index contributed by atoms with van der Waals surface area (Å²) in [5, 5.41) is 14.3. The van der Waals surface area contributed by atoms with Gasteiger partial charge < -0.3 is 9.74 Å². The minimum absolute atomic E-state index is 0.115. The smallest absolute Gasteiger partial charge is 0.261 e. The Morgan fingerprint density at radius 2 is 1.56 bits per heavy atom. The number of hydrogen-bond donors (Lipinski definition) is 1. The molecule has 2 aromatic rings. The fraction of sp³-hybridized carbons (Fsp3) is 0.364. The molecule has 1 heterocycles. The summed E-state index contributed by atoms with van der Waals surface area (Å²) in [4.78, 5) is 12.1. The van der Waals surface area contributed by atoms with E-state index in [0.717, 1.165) is 0 Å². The Bertz CT molecular complexity index is 785. The molecule has 0 spiro atoms. The van der Waals surface area contributed by atoms with Crippen molar-refractivity contribution in [3.8, 4) is 6.07 Å². The van der Waals surface area contributed by atoms with Crippen LogP contribution in [0.25, 0.3) is 0 Å². The molecule has 2 atom stereocenters. The molecule has 5 heteroatoms. The molecule has 2 aromatic carbocycles. The van der Waals surface area contributed by atoms with Crippen LogP contribution < -0.4 is 15.7 Å².